The summed E-state index contributed by atoms with van der Waals surface area (Å²) in [4.78, 5) is 26.5. The molecule has 0 saturated heterocycles. The highest BCUT2D eigenvalue weighted by atomic mass is 19.1. The number of aromatic nitrogens is 2. The fourth-order valence-corrected chi connectivity index (χ4v) is 5.22. The van der Waals surface area contributed by atoms with Crippen molar-refractivity contribution in [2.75, 3.05) is 20.8 Å². The molecule has 2 aromatic carbocycles. The first-order chi connectivity index (χ1) is 18.7. The monoisotopic (exact) mass is 551 g/mol. The highest BCUT2D eigenvalue weighted by Gasteiger charge is 2.39. The molecule has 2 atom stereocenters. The molecule has 0 N–H and O–H groups in total. The number of hydrogen-bond donors (Lipinski definition) is 0. The van der Waals surface area contributed by atoms with Crippen LogP contribution in [0.1, 0.15) is 69.8 Å². The number of nitrogens with zero attached hydrogens (tertiary/aromatic N) is 3. The number of hydrogen-bond acceptors (Lipinski definition) is 7. The third-order valence-corrected chi connectivity index (χ3v) is 6.83. The van der Waals surface area contributed by atoms with Gasteiger partial charge in [0.1, 0.15) is 17.0 Å². The Morgan fingerprint density at radius 2 is 1.80 bits per heavy atom. The second-order valence-electron chi connectivity index (χ2n) is 11.8. The van der Waals surface area contributed by atoms with Gasteiger partial charge in [-0.1, -0.05) is 18.2 Å². The van der Waals surface area contributed by atoms with E-state index in [0.717, 1.165) is 27.6 Å². The molecule has 40 heavy (non-hydrogen) atoms. The number of carbonyl (C=O) groups excluding carboxylic acids is 2. The molecule has 0 spiro atoms. The Labute approximate surface area is 234 Å². The smallest absolute Gasteiger partial charge is 0.435 e. The highest BCUT2D eigenvalue weighted by Crippen LogP contribution is 2.44. The Morgan fingerprint density at radius 1 is 1.10 bits per heavy atom. The van der Waals surface area contributed by atoms with E-state index in [1.807, 2.05) is 51.1 Å². The van der Waals surface area contributed by atoms with Crippen molar-refractivity contribution in [1.29, 1.82) is 0 Å². The summed E-state index contributed by atoms with van der Waals surface area (Å²) in [5.41, 5.74) is 2.28. The second-order valence-corrected chi connectivity index (χ2v) is 11.8. The molecule has 1 aromatic heterocycles. The van der Waals surface area contributed by atoms with Crippen LogP contribution in [0.4, 0.5) is 9.18 Å². The van der Waals surface area contributed by atoms with Crippen molar-refractivity contribution in [2.45, 2.75) is 71.3 Å². The quantitative estimate of drug-likeness (QED) is 0.270. The normalized spacial score (nSPS) is 18.1. The summed E-state index contributed by atoms with van der Waals surface area (Å²) in [6.07, 6.45) is 4.84. The van der Waals surface area contributed by atoms with E-state index in [1.165, 1.54) is 17.9 Å². The van der Waals surface area contributed by atoms with E-state index >= 15 is 4.39 Å². The lowest BCUT2D eigenvalue weighted by Crippen LogP contribution is -2.47. The Morgan fingerprint density at radius 3 is 2.42 bits per heavy atom. The molecule has 214 valence electrons. The lowest BCUT2D eigenvalue weighted by Gasteiger charge is -2.44. The summed E-state index contributed by atoms with van der Waals surface area (Å²) in [6, 6.07) is 9.25. The van der Waals surface area contributed by atoms with Crippen LogP contribution in [0.3, 0.4) is 0 Å². The lowest BCUT2D eigenvalue weighted by molar-refractivity contribution is -0.134. The number of fused-ring (bicyclic) bond motifs is 3. The first-order valence-electron chi connectivity index (χ1n) is 13.3. The molecular weight excluding hydrogens is 513 g/mol. The van der Waals surface area contributed by atoms with Gasteiger partial charge in [-0.2, -0.15) is 9.78 Å². The minimum Gasteiger partial charge on any atom is -0.496 e. The fourth-order valence-electron chi connectivity index (χ4n) is 5.22. The van der Waals surface area contributed by atoms with Crippen molar-refractivity contribution >= 4 is 29.0 Å². The van der Waals surface area contributed by atoms with Crippen molar-refractivity contribution in [2.24, 2.45) is 0 Å². The Hall–Kier alpha value is -3.72. The molecule has 1 aliphatic heterocycles. The van der Waals surface area contributed by atoms with Gasteiger partial charge in [0.05, 0.1) is 25.8 Å². The van der Waals surface area contributed by atoms with Gasteiger partial charge < -0.3 is 14.2 Å². The predicted octanol–water partition coefficient (Wildman–Crippen LogP) is 6.10. The standard InChI is InChI=1S/C31H38FN3O5/c1-19-15-23-21(12-13-25-24(23)17-35(33-25)29(37)40-30(2,3)4)28(34(19)18-31(5,6)32)22-11-9-20(16-26(22)38-7)10-14-27(36)39-8/h9-14,16-17,19,28H,15,18H2,1-8H3/b14-10+/t19-,28+/m1/s1. The number of halogens is 1. The van der Waals surface area contributed by atoms with Crippen molar-refractivity contribution in [3.8, 4) is 5.75 Å². The molecule has 2 heterocycles. The molecule has 8 nitrogen and oxygen atoms in total. The maximum Gasteiger partial charge on any atom is 0.435 e. The summed E-state index contributed by atoms with van der Waals surface area (Å²) in [7, 11) is 2.92. The predicted molar refractivity (Wildman–Crippen MR) is 152 cm³/mol. The van der Waals surface area contributed by atoms with E-state index in [2.05, 4.69) is 16.9 Å². The number of ether oxygens (including phenoxy) is 3. The molecule has 0 amide bonds. The minimum atomic E-state index is -1.44. The van der Waals surface area contributed by atoms with Crippen molar-refractivity contribution in [3.63, 3.8) is 0 Å². The van der Waals surface area contributed by atoms with E-state index in [4.69, 9.17) is 14.2 Å². The number of rotatable bonds is 6. The molecule has 4 rings (SSSR count). The zero-order valence-corrected chi connectivity index (χ0v) is 24.4. The summed E-state index contributed by atoms with van der Waals surface area (Å²) >= 11 is 0. The van der Waals surface area contributed by atoms with E-state index in [1.54, 1.807) is 33.2 Å². The van der Waals surface area contributed by atoms with Gasteiger partial charge in [0.15, 0.2) is 0 Å². The largest absolute Gasteiger partial charge is 0.496 e. The third kappa shape index (κ3) is 6.36. The van der Waals surface area contributed by atoms with Crippen LogP contribution >= 0.6 is 0 Å². The van der Waals surface area contributed by atoms with Gasteiger partial charge in [-0.25, -0.2) is 14.0 Å². The molecule has 1 aliphatic rings. The summed E-state index contributed by atoms with van der Waals surface area (Å²) in [5, 5.41) is 5.35. The summed E-state index contributed by atoms with van der Waals surface area (Å²) < 4.78 is 32.5. The fraction of sp³-hybridized carbons (Fsp3) is 0.452. The maximum atomic E-state index is 15.2. The molecule has 9 heteroatoms. The van der Waals surface area contributed by atoms with Gasteiger partial charge in [-0.05, 0) is 82.9 Å². The van der Waals surface area contributed by atoms with Crippen LogP contribution in [0.25, 0.3) is 17.0 Å². The van der Waals surface area contributed by atoms with Gasteiger partial charge in [0.25, 0.3) is 0 Å². The van der Waals surface area contributed by atoms with E-state index < -0.39 is 23.3 Å². The van der Waals surface area contributed by atoms with Crippen molar-refractivity contribution in [3.05, 3.63) is 64.9 Å². The Kier molecular flexibility index (Phi) is 8.08. The van der Waals surface area contributed by atoms with Crippen molar-refractivity contribution < 1.29 is 28.2 Å². The van der Waals surface area contributed by atoms with E-state index in [9.17, 15) is 9.59 Å². The van der Waals surface area contributed by atoms with Gasteiger partial charge in [-0.3, -0.25) is 4.90 Å². The first-order valence-corrected chi connectivity index (χ1v) is 13.3. The van der Waals surface area contributed by atoms with Crippen LogP contribution in [0.5, 0.6) is 5.75 Å². The summed E-state index contributed by atoms with van der Waals surface area (Å²) in [5.74, 6) is 0.161. The molecule has 0 radical (unpaired) electrons. The average molecular weight is 552 g/mol. The van der Waals surface area contributed by atoms with E-state index in [0.29, 0.717) is 17.7 Å². The number of methoxy groups -OCH3 is 2. The first kappa shape index (κ1) is 29.3. The molecular formula is C31H38FN3O5. The van der Waals surface area contributed by atoms with Gasteiger partial charge in [0.2, 0.25) is 0 Å². The number of benzene rings is 2. The molecule has 0 unspecified atom stereocenters. The van der Waals surface area contributed by atoms with Gasteiger partial charge in [0, 0.05) is 35.8 Å². The Bertz CT molecular complexity index is 1450. The van der Waals surface area contributed by atoms with Crippen molar-refractivity contribution in [1.82, 2.24) is 14.7 Å². The Balaban J connectivity index is 1.86. The number of carbonyl (C=O) groups is 2. The zero-order chi connectivity index (χ0) is 29.4. The van der Waals surface area contributed by atoms with Gasteiger partial charge in [-0.15, -0.1) is 0 Å². The third-order valence-electron chi connectivity index (χ3n) is 6.83. The van der Waals surface area contributed by atoms with Crippen LogP contribution in [0.15, 0.2) is 42.6 Å². The van der Waals surface area contributed by atoms with E-state index in [-0.39, 0.29) is 18.6 Å². The van der Waals surface area contributed by atoms with Crippen LogP contribution < -0.4 is 4.74 Å². The molecule has 0 saturated carbocycles. The molecule has 0 aliphatic carbocycles. The van der Waals surface area contributed by atoms with Crippen LogP contribution in [0, 0.1) is 0 Å². The average Bonchev–Trinajstić information content (AvgIpc) is 3.31. The van der Waals surface area contributed by atoms with Gasteiger partial charge >= 0.3 is 12.1 Å². The van der Waals surface area contributed by atoms with Crippen LogP contribution in [0.2, 0.25) is 0 Å². The maximum absolute atomic E-state index is 15.2. The topological polar surface area (TPSA) is 82.9 Å². The lowest BCUT2D eigenvalue weighted by atomic mass is 9.82. The number of esters is 1. The summed E-state index contributed by atoms with van der Waals surface area (Å²) in [6.45, 7) is 10.9. The zero-order valence-electron chi connectivity index (χ0n) is 24.4. The highest BCUT2D eigenvalue weighted by molar-refractivity contribution is 5.88. The van der Waals surface area contributed by atoms with Crippen LogP contribution in [-0.2, 0) is 20.7 Å². The molecule has 0 fully saturated rings. The minimum absolute atomic E-state index is 0.0217. The molecule has 3 aromatic rings. The number of alkyl halides is 1. The van der Waals surface area contributed by atoms with Crippen LogP contribution in [-0.4, -0.2) is 64.8 Å². The molecule has 0 bridgehead atoms. The second kappa shape index (κ2) is 11.0. The SMILES string of the molecule is COC(=O)/C=C/c1ccc([C@@H]2c3ccc4nn(C(=O)OC(C)(C)C)cc4c3C[C@@H](C)N2CC(C)(C)F)c(OC)c1.